The van der Waals surface area contributed by atoms with E-state index in [-0.39, 0.29) is 16.7 Å². The second-order valence-electron chi connectivity index (χ2n) is 6.31. The van der Waals surface area contributed by atoms with Crippen molar-refractivity contribution in [1.82, 2.24) is 9.62 Å². The third-order valence-corrected chi connectivity index (χ3v) is 6.44. The number of amides is 1. The van der Waals surface area contributed by atoms with Gasteiger partial charge in [0.15, 0.2) is 0 Å². The summed E-state index contributed by atoms with van der Waals surface area (Å²) in [5.41, 5.74) is 0.428. The molecule has 0 spiro atoms. The Morgan fingerprint density at radius 1 is 1.24 bits per heavy atom. The van der Waals surface area contributed by atoms with Gasteiger partial charge in [-0.05, 0) is 43.5 Å². The van der Waals surface area contributed by atoms with Crippen molar-refractivity contribution < 1.29 is 13.2 Å². The van der Waals surface area contributed by atoms with E-state index in [9.17, 15) is 13.2 Å². The highest BCUT2D eigenvalue weighted by molar-refractivity contribution is 7.89. The second-order valence-corrected chi connectivity index (χ2v) is 8.25. The molecule has 0 radical (unpaired) electrons. The average molecular weight is 363 g/mol. The Kier molecular flexibility index (Phi) is 6.97. The van der Waals surface area contributed by atoms with Gasteiger partial charge in [0, 0.05) is 25.6 Å². The maximum atomic E-state index is 12.6. The lowest BCUT2D eigenvalue weighted by Gasteiger charge is -2.30. The number of piperidine rings is 1. The lowest BCUT2D eigenvalue weighted by atomic mass is 9.97. The van der Waals surface area contributed by atoms with E-state index in [1.54, 1.807) is 0 Å². The number of hydrogen-bond donors (Lipinski definition) is 1. The van der Waals surface area contributed by atoms with Crippen molar-refractivity contribution in [3.05, 3.63) is 29.8 Å². The molecule has 1 saturated heterocycles. The number of nitrogens with zero attached hydrogens (tertiary/aromatic N) is 2. The third kappa shape index (κ3) is 5.03. The van der Waals surface area contributed by atoms with E-state index in [4.69, 9.17) is 5.26 Å². The van der Waals surface area contributed by atoms with Crippen LogP contribution in [0.4, 0.5) is 0 Å². The normalized spacial score (nSPS) is 16.3. The summed E-state index contributed by atoms with van der Waals surface area (Å²) < 4.78 is 26.7. The maximum absolute atomic E-state index is 12.6. The van der Waals surface area contributed by atoms with Crippen LogP contribution >= 0.6 is 0 Å². The van der Waals surface area contributed by atoms with Crippen molar-refractivity contribution in [2.75, 3.05) is 19.6 Å². The molecular weight excluding hydrogens is 338 g/mol. The van der Waals surface area contributed by atoms with E-state index in [0.717, 1.165) is 19.3 Å². The molecule has 0 atom stereocenters. The molecule has 0 aromatic heterocycles. The minimum Gasteiger partial charge on any atom is -0.356 e. The molecule has 7 heteroatoms. The van der Waals surface area contributed by atoms with Gasteiger partial charge in [-0.2, -0.15) is 9.57 Å². The highest BCUT2D eigenvalue weighted by atomic mass is 32.2. The van der Waals surface area contributed by atoms with Gasteiger partial charge in [-0.15, -0.1) is 0 Å². The first kappa shape index (κ1) is 19.4. The molecule has 1 amide bonds. The molecule has 1 aliphatic heterocycles. The van der Waals surface area contributed by atoms with Crippen molar-refractivity contribution in [3.8, 4) is 6.07 Å². The molecule has 2 rings (SSSR count). The molecule has 1 N–H and O–H groups in total. The lowest BCUT2D eigenvalue weighted by Crippen LogP contribution is -2.43. The van der Waals surface area contributed by atoms with Gasteiger partial charge in [-0.25, -0.2) is 8.42 Å². The van der Waals surface area contributed by atoms with E-state index >= 15 is 0 Å². The molecule has 1 aromatic carbocycles. The Morgan fingerprint density at radius 3 is 2.44 bits per heavy atom. The van der Waals surface area contributed by atoms with Gasteiger partial charge in [0.25, 0.3) is 0 Å². The fourth-order valence-corrected chi connectivity index (χ4v) is 4.41. The zero-order valence-corrected chi connectivity index (χ0v) is 15.4. The monoisotopic (exact) mass is 363 g/mol. The smallest absolute Gasteiger partial charge is 0.243 e. The average Bonchev–Trinajstić information content (AvgIpc) is 2.65. The van der Waals surface area contributed by atoms with Crippen LogP contribution in [0.25, 0.3) is 0 Å². The SMILES string of the molecule is CCCCCNC(=O)C1CCN(S(=O)(=O)c2ccc(C#N)cc2)CC1. The summed E-state index contributed by atoms with van der Waals surface area (Å²) in [6, 6.07) is 7.90. The number of nitriles is 1. The van der Waals surface area contributed by atoms with Crippen LogP contribution in [0.2, 0.25) is 0 Å². The number of sulfonamides is 1. The van der Waals surface area contributed by atoms with Crippen molar-refractivity contribution in [2.45, 2.75) is 43.9 Å². The Morgan fingerprint density at radius 2 is 1.88 bits per heavy atom. The summed E-state index contributed by atoms with van der Waals surface area (Å²) in [4.78, 5) is 12.3. The number of benzene rings is 1. The van der Waals surface area contributed by atoms with Gasteiger partial charge < -0.3 is 5.32 Å². The molecule has 0 unspecified atom stereocenters. The summed E-state index contributed by atoms with van der Waals surface area (Å²) in [6.45, 7) is 3.49. The van der Waals surface area contributed by atoms with E-state index in [2.05, 4.69) is 12.2 Å². The Balaban J connectivity index is 1.90. The second kappa shape index (κ2) is 8.97. The molecule has 1 aromatic rings. The van der Waals surface area contributed by atoms with E-state index in [1.165, 1.54) is 28.6 Å². The molecule has 0 aliphatic carbocycles. The summed E-state index contributed by atoms with van der Waals surface area (Å²) in [5.74, 6) is -0.0828. The van der Waals surface area contributed by atoms with Crippen molar-refractivity contribution in [2.24, 2.45) is 5.92 Å². The van der Waals surface area contributed by atoms with Gasteiger partial charge >= 0.3 is 0 Å². The van der Waals surface area contributed by atoms with Crippen LogP contribution in [0.15, 0.2) is 29.2 Å². The molecule has 1 fully saturated rings. The fraction of sp³-hybridized carbons (Fsp3) is 0.556. The molecule has 0 saturated carbocycles. The van der Waals surface area contributed by atoms with Crippen molar-refractivity contribution >= 4 is 15.9 Å². The first-order valence-corrected chi connectivity index (χ1v) is 10.2. The minimum atomic E-state index is -3.57. The summed E-state index contributed by atoms with van der Waals surface area (Å²) >= 11 is 0. The number of hydrogen-bond acceptors (Lipinski definition) is 4. The van der Waals surface area contributed by atoms with E-state index in [1.807, 2.05) is 6.07 Å². The highest BCUT2D eigenvalue weighted by Gasteiger charge is 2.31. The van der Waals surface area contributed by atoms with Crippen molar-refractivity contribution in [3.63, 3.8) is 0 Å². The predicted molar refractivity (Wildman–Crippen MR) is 95.2 cm³/mol. The van der Waals surface area contributed by atoms with E-state index < -0.39 is 10.0 Å². The number of carbonyl (C=O) groups excluding carboxylic acids is 1. The highest BCUT2D eigenvalue weighted by Crippen LogP contribution is 2.24. The van der Waals surface area contributed by atoms with E-state index in [0.29, 0.717) is 38.0 Å². The Labute approximate surface area is 149 Å². The topological polar surface area (TPSA) is 90.3 Å². The molecular formula is C18H25N3O3S. The summed E-state index contributed by atoms with van der Waals surface area (Å²) in [7, 11) is -3.57. The molecule has 25 heavy (non-hydrogen) atoms. The zero-order valence-electron chi connectivity index (χ0n) is 14.6. The molecule has 136 valence electrons. The van der Waals surface area contributed by atoms with Crippen LogP contribution in [0.1, 0.15) is 44.6 Å². The summed E-state index contributed by atoms with van der Waals surface area (Å²) in [6.07, 6.45) is 4.27. The van der Waals surface area contributed by atoms with Crippen LogP contribution < -0.4 is 5.32 Å². The minimum absolute atomic E-state index is 0.0338. The standard InChI is InChI=1S/C18H25N3O3S/c1-2-3-4-11-20-18(22)16-9-12-21(13-10-16)25(23,24)17-7-5-15(14-19)6-8-17/h5-8,16H,2-4,9-13H2,1H3,(H,20,22). The Bertz CT molecular complexity index is 715. The molecule has 1 aliphatic rings. The van der Waals surface area contributed by atoms with Crippen LogP contribution in [0.5, 0.6) is 0 Å². The quantitative estimate of drug-likeness (QED) is 0.753. The van der Waals surface area contributed by atoms with Crippen LogP contribution in [0.3, 0.4) is 0 Å². The van der Waals surface area contributed by atoms with Crippen molar-refractivity contribution in [1.29, 1.82) is 5.26 Å². The predicted octanol–water partition coefficient (Wildman–Crippen LogP) is 2.27. The number of carbonyl (C=O) groups is 1. The van der Waals surface area contributed by atoms with Crippen LogP contribution in [-0.2, 0) is 14.8 Å². The first-order chi connectivity index (χ1) is 12.0. The number of nitrogens with one attached hydrogen (secondary N) is 1. The van der Waals surface area contributed by atoms with Crippen LogP contribution in [-0.4, -0.2) is 38.3 Å². The molecule has 6 nitrogen and oxygen atoms in total. The Hall–Kier alpha value is -1.91. The van der Waals surface area contributed by atoms with Crippen LogP contribution in [0, 0.1) is 17.2 Å². The van der Waals surface area contributed by atoms with Gasteiger partial charge in [-0.3, -0.25) is 4.79 Å². The van der Waals surface area contributed by atoms with Gasteiger partial charge in [0.2, 0.25) is 15.9 Å². The summed E-state index contributed by atoms with van der Waals surface area (Å²) in [5, 5.41) is 11.8. The lowest BCUT2D eigenvalue weighted by molar-refractivity contribution is -0.126. The number of rotatable bonds is 7. The largest absolute Gasteiger partial charge is 0.356 e. The van der Waals surface area contributed by atoms with Gasteiger partial charge in [0.05, 0.1) is 16.5 Å². The fourth-order valence-electron chi connectivity index (χ4n) is 2.94. The molecule has 0 bridgehead atoms. The van der Waals surface area contributed by atoms with Gasteiger partial charge in [0.1, 0.15) is 0 Å². The first-order valence-electron chi connectivity index (χ1n) is 8.77. The number of unbranched alkanes of at least 4 members (excludes halogenated alkanes) is 2. The molecule has 1 heterocycles. The van der Waals surface area contributed by atoms with Gasteiger partial charge in [-0.1, -0.05) is 19.8 Å². The maximum Gasteiger partial charge on any atom is 0.243 e. The zero-order chi connectivity index (χ0) is 18.3. The third-order valence-electron chi connectivity index (χ3n) is 4.53.